The second-order valence-corrected chi connectivity index (χ2v) is 7.16. The molecule has 10 heteroatoms. The average Bonchev–Trinajstić information content (AvgIpc) is 3.37. The molecule has 0 aliphatic heterocycles. The van der Waals surface area contributed by atoms with E-state index in [0.29, 0.717) is 28.5 Å². The van der Waals surface area contributed by atoms with E-state index in [1.807, 2.05) is 6.07 Å². The molecule has 0 unspecified atom stereocenters. The summed E-state index contributed by atoms with van der Waals surface area (Å²) in [5.41, 5.74) is 1.99. The van der Waals surface area contributed by atoms with E-state index < -0.39 is 17.7 Å². The van der Waals surface area contributed by atoms with Crippen LogP contribution in [0.15, 0.2) is 85.3 Å². The Morgan fingerprint density at radius 2 is 1.62 bits per heavy atom. The molecule has 2 N–H and O–H groups in total. The predicted octanol–water partition coefficient (Wildman–Crippen LogP) is 5.53. The molecule has 3 aromatic carbocycles. The molecule has 0 aliphatic rings. The smallest absolute Gasteiger partial charge is 0.323 e. The molecule has 0 bridgehead atoms. The summed E-state index contributed by atoms with van der Waals surface area (Å²) in [6.07, 6.45) is 5.09. The molecule has 5 aromatic rings. The fraction of sp³-hybridized carbons (Fsp3) is 0. The van der Waals surface area contributed by atoms with Gasteiger partial charge in [0.15, 0.2) is 17.5 Å². The van der Waals surface area contributed by atoms with E-state index in [1.165, 1.54) is 6.07 Å². The van der Waals surface area contributed by atoms with E-state index in [4.69, 9.17) is 4.74 Å². The Hall–Kier alpha value is -4.86. The first kappa shape index (κ1) is 21.0. The SMILES string of the molecule is O=C(Nc1ccc(Oc2ccc3ncc(-n4cccn4)nc3c2)cc1)Nc1ccc(F)c(F)c1. The lowest BCUT2D eigenvalue weighted by Gasteiger charge is -2.10. The van der Waals surface area contributed by atoms with Gasteiger partial charge < -0.3 is 15.4 Å². The molecule has 168 valence electrons. The number of urea groups is 1. The standard InChI is InChI=1S/C24H16F2N6O2/c25-19-8-4-16(12-20(19)26)30-24(33)29-15-2-5-17(6-3-15)34-18-7-9-21-22(13-18)31-23(14-27-21)32-11-1-10-28-32/h1-14H,(H2,29,30,33). The number of nitrogens with one attached hydrogen (secondary N) is 2. The van der Waals surface area contributed by atoms with Crippen molar-refractivity contribution >= 4 is 28.4 Å². The lowest BCUT2D eigenvalue weighted by atomic mass is 10.2. The molecule has 0 saturated heterocycles. The Bertz CT molecular complexity index is 1470. The Balaban J connectivity index is 1.25. The third kappa shape index (κ3) is 4.65. The van der Waals surface area contributed by atoms with Crippen molar-refractivity contribution in [3.05, 3.63) is 97.0 Å². The van der Waals surface area contributed by atoms with Crippen molar-refractivity contribution in [2.75, 3.05) is 10.6 Å². The van der Waals surface area contributed by atoms with Gasteiger partial charge in [0.2, 0.25) is 0 Å². The van der Waals surface area contributed by atoms with E-state index >= 15 is 0 Å². The molecule has 0 atom stereocenters. The third-order valence-corrected chi connectivity index (χ3v) is 4.77. The molecule has 2 heterocycles. The van der Waals surface area contributed by atoms with Crippen LogP contribution in [0.1, 0.15) is 0 Å². The molecule has 0 saturated carbocycles. The summed E-state index contributed by atoms with van der Waals surface area (Å²) in [4.78, 5) is 21.1. The van der Waals surface area contributed by atoms with E-state index in [1.54, 1.807) is 65.7 Å². The first-order valence-electron chi connectivity index (χ1n) is 10.1. The van der Waals surface area contributed by atoms with Crippen molar-refractivity contribution in [3.63, 3.8) is 0 Å². The number of hydrogen-bond acceptors (Lipinski definition) is 5. The van der Waals surface area contributed by atoms with Gasteiger partial charge in [0.05, 0.1) is 17.2 Å². The van der Waals surface area contributed by atoms with Gasteiger partial charge in [0, 0.05) is 35.9 Å². The summed E-state index contributed by atoms with van der Waals surface area (Å²) in [5.74, 6) is -0.333. The molecule has 0 aliphatic carbocycles. The van der Waals surface area contributed by atoms with Crippen molar-refractivity contribution in [3.8, 4) is 17.3 Å². The zero-order valence-electron chi connectivity index (χ0n) is 17.4. The van der Waals surface area contributed by atoms with Gasteiger partial charge in [-0.1, -0.05) is 0 Å². The molecule has 5 rings (SSSR count). The van der Waals surface area contributed by atoms with Gasteiger partial charge in [-0.05, 0) is 54.6 Å². The number of nitrogens with zero attached hydrogens (tertiary/aromatic N) is 4. The van der Waals surface area contributed by atoms with Crippen LogP contribution in [0.5, 0.6) is 11.5 Å². The monoisotopic (exact) mass is 458 g/mol. The highest BCUT2D eigenvalue weighted by molar-refractivity contribution is 5.99. The number of fused-ring (bicyclic) bond motifs is 1. The maximum Gasteiger partial charge on any atom is 0.323 e. The van der Waals surface area contributed by atoms with Crippen molar-refractivity contribution < 1.29 is 18.3 Å². The summed E-state index contributed by atoms with van der Waals surface area (Å²) in [7, 11) is 0. The van der Waals surface area contributed by atoms with Crippen molar-refractivity contribution in [2.45, 2.75) is 0 Å². The van der Waals surface area contributed by atoms with Crippen LogP contribution in [0.25, 0.3) is 16.9 Å². The van der Waals surface area contributed by atoms with Gasteiger partial charge in [0.25, 0.3) is 0 Å². The third-order valence-electron chi connectivity index (χ3n) is 4.77. The summed E-state index contributed by atoms with van der Waals surface area (Å²) < 4.78 is 33.8. The van der Waals surface area contributed by atoms with E-state index in [9.17, 15) is 13.6 Å². The van der Waals surface area contributed by atoms with Crippen LogP contribution in [0, 0.1) is 11.6 Å². The topological polar surface area (TPSA) is 94.0 Å². The first-order valence-corrected chi connectivity index (χ1v) is 10.1. The quantitative estimate of drug-likeness (QED) is 0.361. The second kappa shape index (κ2) is 8.94. The first-order chi connectivity index (χ1) is 16.5. The number of benzene rings is 3. The van der Waals surface area contributed by atoms with Crippen LogP contribution < -0.4 is 15.4 Å². The lowest BCUT2D eigenvalue weighted by molar-refractivity contribution is 0.262. The molecule has 8 nitrogen and oxygen atoms in total. The average molecular weight is 458 g/mol. The van der Waals surface area contributed by atoms with Gasteiger partial charge >= 0.3 is 6.03 Å². The Morgan fingerprint density at radius 1 is 0.853 bits per heavy atom. The molecular weight excluding hydrogens is 442 g/mol. The number of rotatable bonds is 5. The zero-order valence-corrected chi connectivity index (χ0v) is 17.4. The fourth-order valence-corrected chi connectivity index (χ4v) is 3.17. The summed E-state index contributed by atoms with van der Waals surface area (Å²) in [6.45, 7) is 0. The maximum absolute atomic E-state index is 13.3. The number of ether oxygens (including phenoxy) is 1. The number of carbonyl (C=O) groups is 1. The second-order valence-electron chi connectivity index (χ2n) is 7.16. The van der Waals surface area contributed by atoms with Gasteiger partial charge in [0.1, 0.15) is 11.5 Å². The summed E-state index contributed by atoms with van der Waals surface area (Å²) >= 11 is 0. The van der Waals surface area contributed by atoms with Crippen molar-refractivity contribution in [2.24, 2.45) is 0 Å². The number of amides is 2. The van der Waals surface area contributed by atoms with Crippen LogP contribution in [-0.2, 0) is 0 Å². The number of aromatic nitrogens is 4. The Kier molecular flexibility index (Phi) is 5.53. The highest BCUT2D eigenvalue weighted by Crippen LogP contribution is 2.26. The minimum atomic E-state index is -1.04. The fourth-order valence-electron chi connectivity index (χ4n) is 3.17. The Morgan fingerprint density at radius 3 is 2.38 bits per heavy atom. The number of hydrogen-bond donors (Lipinski definition) is 2. The number of anilines is 2. The summed E-state index contributed by atoms with van der Waals surface area (Å²) in [5, 5.41) is 9.21. The summed E-state index contributed by atoms with van der Waals surface area (Å²) in [6, 6.07) is 16.3. The minimum absolute atomic E-state index is 0.131. The predicted molar refractivity (Wildman–Crippen MR) is 122 cm³/mol. The highest BCUT2D eigenvalue weighted by atomic mass is 19.2. The van der Waals surface area contributed by atoms with Crippen LogP contribution in [0.3, 0.4) is 0 Å². The molecule has 0 radical (unpaired) electrons. The van der Waals surface area contributed by atoms with E-state index in [0.717, 1.165) is 17.6 Å². The lowest BCUT2D eigenvalue weighted by Crippen LogP contribution is -2.19. The molecule has 34 heavy (non-hydrogen) atoms. The minimum Gasteiger partial charge on any atom is -0.457 e. The molecule has 2 aromatic heterocycles. The van der Waals surface area contributed by atoms with Crippen LogP contribution >= 0.6 is 0 Å². The number of halogens is 2. The highest BCUT2D eigenvalue weighted by Gasteiger charge is 2.08. The van der Waals surface area contributed by atoms with Gasteiger partial charge in [-0.2, -0.15) is 5.10 Å². The van der Waals surface area contributed by atoms with Crippen molar-refractivity contribution in [1.29, 1.82) is 0 Å². The van der Waals surface area contributed by atoms with E-state index in [-0.39, 0.29) is 5.69 Å². The van der Waals surface area contributed by atoms with Crippen LogP contribution in [0.4, 0.5) is 25.0 Å². The van der Waals surface area contributed by atoms with Crippen LogP contribution in [0.2, 0.25) is 0 Å². The van der Waals surface area contributed by atoms with Gasteiger partial charge in [-0.3, -0.25) is 4.98 Å². The van der Waals surface area contributed by atoms with Crippen LogP contribution in [-0.4, -0.2) is 25.8 Å². The van der Waals surface area contributed by atoms with Gasteiger partial charge in [-0.25, -0.2) is 23.2 Å². The maximum atomic E-state index is 13.3. The molecular formula is C24H16F2N6O2. The van der Waals surface area contributed by atoms with E-state index in [2.05, 4.69) is 25.7 Å². The largest absolute Gasteiger partial charge is 0.457 e. The molecule has 0 spiro atoms. The van der Waals surface area contributed by atoms with Gasteiger partial charge in [-0.15, -0.1) is 0 Å². The molecule has 0 fully saturated rings. The van der Waals surface area contributed by atoms with Crippen molar-refractivity contribution in [1.82, 2.24) is 19.7 Å². The number of carbonyl (C=O) groups excluding carboxylic acids is 1. The zero-order chi connectivity index (χ0) is 23.5. The normalized spacial score (nSPS) is 10.8. The molecule has 2 amide bonds. The Labute approximate surface area is 191 Å².